The number of pyridine rings is 1. The quantitative estimate of drug-likeness (QED) is 0.664. The molecule has 1 aliphatic rings. The summed E-state index contributed by atoms with van der Waals surface area (Å²) in [6.45, 7) is 5.76. The van der Waals surface area contributed by atoms with Crippen molar-refractivity contribution in [3.05, 3.63) is 28.1 Å². The van der Waals surface area contributed by atoms with Crippen molar-refractivity contribution < 1.29 is 0 Å². The highest BCUT2D eigenvalue weighted by Crippen LogP contribution is 2.21. The normalized spacial score (nSPS) is 14.6. The van der Waals surface area contributed by atoms with E-state index in [1.807, 2.05) is 13.8 Å². The summed E-state index contributed by atoms with van der Waals surface area (Å²) in [5, 5.41) is 12.3. The van der Waals surface area contributed by atoms with Gasteiger partial charge in [0.25, 0.3) is 0 Å². The van der Waals surface area contributed by atoms with Crippen molar-refractivity contribution in [1.29, 1.82) is 5.26 Å². The molecule has 0 saturated heterocycles. The average molecular weight is 187 g/mol. The number of hydrogen-bond donors (Lipinski definition) is 1. The molecular weight excluding hydrogens is 174 g/mol. The molecular formula is C11H13N3. The van der Waals surface area contributed by atoms with Crippen LogP contribution in [-0.4, -0.2) is 11.5 Å². The van der Waals surface area contributed by atoms with Gasteiger partial charge in [0.15, 0.2) is 0 Å². The lowest BCUT2D eigenvalue weighted by molar-refractivity contribution is 0.624. The van der Waals surface area contributed by atoms with Crippen molar-refractivity contribution in [2.45, 2.75) is 26.8 Å². The lowest BCUT2D eigenvalue weighted by Gasteiger charge is -2.19. The fourth-order valence-corrected chi connectivity index (χ4v) is 1.99. The Hall–Kier alpha value is -1.40. The van der Waals surface area contributed by atoms with Crippen LogP contribution in [0.2, 0.25) is 0 Å². The van der Waals surface area contributed by atoms with Crippen LogP contribution in [0.15, 0.2) is 0 Å². The third-order valence-corrected chi connectivity index (χ3v) is 2.79. The van der Waals surface area contributed by atoms with E-state index >= 15 is 0 Å². The molecule has 2 rings (SSSR count). The highest BCUT2D eigenvalue weighted by molar-refractivity contribution is 5.47. The van der Waals surface area contributed by atoms with Gasteiger partial charge in [-0.3, -0.25) is 4.98 Å². The highest BCUT2D eigenvalue weighted by atomic mass is 14.9. The maximum atomic E-state index is 8.99. The largest absolute Gasteiger partial charge is 0.312 e. The second-order valence-electron chi connectivity index (χ2n) is 3.66. The molecule has 0 atom stereocenters. The molecule has 1 aliphatic heterocycles. The summed E-state index contributed by atoms with van der Waals surface area (Å²) in [4.78, 5) is 4.48. The number of nitriles is 1. The second-order valence-corrected chi connectivity index (χ2v) is 3.66. The zero-order valence-electron chi connectivity index (χ0n) is 8.52. The summed E-state index contributed by atoms with van der Waals surface area (Å²) in [6, 6.07) is 2.22. The Labute approximate surface area is 83.8 Å². The van der Waals surface area contributed by atoms with E-state index in [4.69, 9.17) is 5.26 Å². The number of nitrogens with one attached hydrogen (secondary N) is 1. The van der Waals surface area contributed by atoms with Crippen molar-refractivity contribution in [2.24, 2.45) is 0 Å². The van der Waals surface area contributed by atoms with Crippen LogP contribution in [0.5, 0.6) is 0 Å². The Morgan fingerprint density at radius 3 is 2.93 bits per heavy atom. The minimum Gasteiger partial charge on any atom is -0.312 e. The van der Waals surface area contributed by atoms with Gasteiger partial charge in [-0.05, 0) is 25.0 Å². The van der Waals surface area contributed by atoms with E-state index in [1.165, 1.54) is 5.56 Å². The first-order valence-electron chi connectivity index (χ1n) is 4.84. The molecule has 3 heteroatoms. The molecule has 0 fully saturated rings. The van der Waals surface area contributed by atoms with Crippen LogP contribution in [0, 0.1) is 25.2 Å². The molecule has 0 unspecified atom stereocenters. The molecule has 0 spiro atoms. The van der Waals surface area contributed by atoms with Gasteiger partial charge in [0.2, 0.25) is 0 Å². The summed E-state index contributed by atoms with van der Waals surface area (Å²) in [5.74, 6) is 0. The molecule has 0 saturated carbocycles. The zero-order chi connectivity index (χ0) is 10.1. The van der Waals surface area contributed by atoms with Crippen LogP contribution < -0.4 is 5.32 Å². The van der Waals surface area contributed by atoms with Crippen LogP contribution in [0.4, 0.5) is 0 Å². The average Bonchev–Trinajstić information content (AvgIpc) is 2.18. The fourth-order valence-electron chi connectivity index (χ4n) is 1.99. The number of nitrogens with zero attached hydrogens (tertiary/aromatic N) is 2. The van der Waals surface area contributed by atoms with Crippen LogP contribution in [0.3, 0.4) is 0 Å². The Morgan fingerprint density at radius 1 is 1.43 bits per heavy atom. The topological polar surface area (TPSA) is 48.7 Å². The fraction of sp³-hybridized carbons (Fsp3) is 0.455. The van der Waals surface area contributed by atoms with Gasteiger partial charge < -0.3 is 5.32 Å². The first kappa shape index (κ1) is 9.17. The third kappa shape index (κ3) is 1.28. The summed E-state index contributed by atoms with van der Waals surface area (Å²) in [5.41, 5.74) is 5.09. The van der Waals surface area contributed by atoms with Gasteiger partial charge in [-0.1, -0.05) is 0 Å². The molecule has 0 aromatic carbocycles. The monoisotopic (exact) mass is 187 g/mol. The number of aryl methyl sites for hydroxylation is 1. The minimum absolute atomic E-state index is 0.743. The summed E-state index contributed by atoms with van der Waals surface area (Å²) in [7, 11) is 0. The van der Waals surface area contributed by atoms with Crippen molar-refractivity contribution in [3.8, 4) is 6.07 Å². The predicted molar refractivity (Wildman–Crippen MR) is 53.8 cm³/mol. The van der Waals surface area contributed by atoms with Crippen molar-refractivity contribution >= 4 is 0 Å². The van der Waals surface area contributed by atoms with E-state index in [-0.39, 0.29) is 0 Å². The van der Waals surface area contributed by atoms with Crippen molar-refractivity contribution in [3.63, 3.8) is 0 Å². The first-order chi connectivity index (χ1) is 6.74. The molecule has 2 heterocycles. The molecule has 14 heavy (non-hydrogen) atoms. The van der Waals surface area contributed by atoms with Crippen LogP contribution in [0.1, 0.15) is 28.1 Å². The third-order valence-electron chi connectivity index (χ3n) is 2.79. The van der Waals surface area contributed by atoms with Crippen molar-refractivity contribution in [2.75, 3.05) is 6.54 Å². The maximum Gasteiger partial charge on any atom is 0.101 e. The van der Waals surface area contributed by atoms with E-state index in [2.05, 4.69) is 16.4 Å². The van der Waals surface area contributed by atoms with Gasteiger partial charge in [-0.15, -0.1) is 0 Å². The number of hydrogen-bond acceptors (Lipinski definition) is 3. The Balaban J connectivity index is 2.65. The van der Waals surface area contributed by atoms with E-state index in [0.717, 1.165) is 42.0 Å². The Morgan fingerprint density at radius 2 is 2.21 bits per heavy atom. The number of rotatable bonds is 0. The first-order valence-corrected chi connectivity index (χ1v) is 4.84. The van der Waals surface area contributed by atoms with E-state index in [9.17, 15) is 0 Å². The standard InChI is InChI=1S/C11H13N3/c1-7-9(5-12)8(2)14-11-3-4-13-6-10(7)11/h13H,3-4,6H2,1-2H3. The zero-order valence-corrected chi connectivity index (χ0v) is 8.52. The molecule has 0 aliphatic carbocycles. The van der Waals surface area contributed by atoms with Gasteiger partial charge >= 0.3 is 0 Å². The van der Waals surface area contributed by atoms with Gasteiger partial charge in [0.1, 0.15) is 6.07 Å². The van der Waals surface area contributed by atoms with Gasteiger partial charge in [0, 0.05) is 25.2 Å². The molecule has 72 valence electrons. The Bertz CT molecular complexity index is 416. The molecule has 1 N–H and O–H groups in total. The van der Waals surface area contributed by atoms with Crippen LogP contribution in [-0.2, 0) is 13.0 Å². The van der Waals surface area contributed by atoms with Gasteiger partial charge in [-0.25, -0.2) is 0 Å². The van der Waals surface area contributed by atoms with Crippen LogP contribution in [0.25, 0.3) is 0 Å². The SMILES string of the molecule is Cc1nc2c(c(C)c1C#N)CNCC2. The highest BCUT2D eigenvalue weighted by Gasteiger charge is 2.16. The minimum atomic E-state index is 0.743. The van der Waals surface area contributed by atoms with E-state index in [0.29, 0.717) is 0 Å². The van der Waals surface area contributed by atoms with Gasteiger partial charge in [0.05, 0.1) is 11.3 Å². The number of aromatic nitrogens is 1. The van der Waals surface area contributed by atoms with E-state index in [1.54, 1.807) is 0 Å². The lowest BCUT2D eigenvalue weighted by Crippen LogP contribution is -2.26. The van der Waals surface area contributed by atoms with E-state index < -0.39 is 0 Å². The molecule has 1 aromatic rings. The molecule has 0 amide bonds. The maximum absolute atomic E-state index is 8.99. The summed E-state index contributed by atoms with van der Waals surface area (Å²) >= 11 is 0. The summed E-state index contributed by atoms with van der Waals surface area (Å²) in [6.07, 6.45) is 0.975. The molecule has 0 bridgehead atoms. The predicted octanol–water partition coefficient (Wildman–Crippen LogP) is 1.22. The van der Waals surface area contributed by atoms with Crippen molar-refractivity contribution in [1.82, 2.24) is 10.3 Å². The molecule has 3 nitrogen and oxygen atoms in total. The number of fused-ring (bicyclic) bond motifs is 1. The smallest absolute Gasteiger partial charge is 0.101 e. The molecule has 1 aromatic heterocycles. The molecule has 0 radical (unpaired) electrons. The second kappa shape index (κ2) is 3.39. The Kier molecular flexibility index (Phi) is 2.22. The van der Waals surface area contributed by atoms with Gasteiger partial charge in [-0.2, -0.15) is 5.26 Å². The summed E-state index contributed by atoms with van der Waals surface area (Å²) < 4.78 is 0. The lowest BCUT2D eigenvalue weighted by atomic mass is 9.97. The van der Waals surface area contributed by atoms with Crippen LogP contribution >= 0.6 is 0 Å².